The number of nitrogen functional groups attached to an aromatic ring is 1. The summed E-state index contributed by atoms with van der Waals surface area (Å²) in [6.45, 7) is 0.741. The summed E-state index contributed by atoms with van der Waals surface area (Å²) in [7, 11) is 0. The van der Waals surface area contributed by atoms with E-state index in [1.165, 1.54) is 5.56 Å². The van der Waals surface area contributed by atoms with Crippen molar-refractivity contribution >= 4 is 5.82 Å². The molecule has 0 fully saturated rings. The molecule has 0 saturated carbocycles. The predicted octanol–water partition coefficient (Wildman–Crippen LogP) is 1.58. The second-order valence-electron chi connectivity index (χ2n) is 3.52. The molecule has 0 spiro atoms. The molecule has 1 aromatic carbocycles. The summed E-state index contributed by atoms with van der Waals surface area (Å²) < 4.78 is 1.80. The van der Waals surface area contributed by atoms with Crippen molar-refractivity contribution in [1.29, 1.82) is 5.26 Å². The van der Waals surface area contributed by atoms with Crippen molar-refractivity contribution in [3.05, 3.63) is 47.9 Å². The fourth-order valence-electron chi connectivity index (χ4n) is 1.55. The van der Waals surface area contributed by atoms with Crippen LogP contribution in [-0.2, 0) is 13.0 Å². The van der Waals surface area contributed by atoms with Crippen molar-refractivity contribution in [2.45, 2.75) is 13.0 Å². The zero-order valence-corrected chi connectivity index (χ0v) is 8.80. The summed E-state index contributed by atoms with van der Waals surface area (Å²) >= 11 is 0. The SMILES string of the molecule is N#Cc1ncn(CCc2ccccc2)c1N. The van der Waals surface area contributed by atoms with Gasteiger partial charge in [-0.25, -0.2) is 4.98 Å². The van der Waals surface area contributed by atoms with Crippen LogP contribution in [0, 0.1) is 11.3 Å². The van der Waals surface area contributed by atoms with Crippen molar-refractivity contribution in [3.8, 4) is 6.07 Å². The highest BCUT2D eigenvalue weighted by atomic mass is 15.1. The van der Waals surface area contributed by atoms with Gasteiger partial charge in [-0.15, -0.1) is 0 Å². The zero-order chi connectivity index (χ0) is 11.4. The Morgan fingerprint density at radius 2 is 2.06 bits per heavy atom. The maximum absolute atomic E-state index is 8.71. The molecule has 0 aliphatic carbocycles. The predicted molar refractivity (Wildman–Crippen MR) is 61.5 cm³/mol. The van der Waals surface area contributed by atoms with Crippen LogP contribution >= 0.6 is 0 Å². The molecule has 0 unspecified atom stereocenters. The number of nitriles is 1. The topological polar surface area (TPSA) is 67.6 Å². The number of nitrogens with two attached hydrogens (primary N) is 1. The monoisotopic (exact) mass is 212 g/mol. The molecule has 0 saturated heterocycles. The fourth-order valence-corrected chi connectivity index (χ4v) is 1.55. The normalized spacial score (nSPS) is 9.94. The summed E-state index contributed by atoms with van der Waals surface area (Å²) in [5, 5.41) is 8.71. The van der Waals surface area contributed by atoms with Crippen LogP contribution in [0.15, 0.2) is 36.7 Å². The molecule has 80 valence electrons. The molecule has 2 rings (SSSR count). The van der Waals surface area contributed by atoms with E-state index in [0.29, 0.717) is 11.5 Å². The van der Waals surface area contributed by atoms with Gasteiger partial charge in [-0.05, 0) is 12.0 Å². The highest BCUT2D eigenvalue weighted by molar-refractivity contribution is 5.44. The molecule has 2 aromatic rings. The lowest BCUT2D eigenvalue weighted by Gasteiger charge is -2.04. The fraction of sp³-hybridized carbons (Fsp3) is 0.167. The van der Waals surface area contributed by atoms with E-state index in [2.05, 4.69) is 17.1 Å². The lowest BCUT2D eigenvalue weighted by Crippen LogP contribution is -2.04. The molecule has 0 bridgehead atoms. The molecule has 4 heteroatoms. The Hall–Kier alpha value is -2.28. The van der Waals surface area contributed by atoms with E-state index in [4.69, 9.17) is 11.0 Å². The minimum atomic E-state index is 0.299. The molecular weight excluding hydrogens is 200 g/mol. The molecule has 0 atom stereocenters. The third kappa shape index (κ3) is 2.04. The average molecular weight is 212 g/mol. The summed E-state index contributed by atoms with van der Waals surface area (Å²) in [5.41, 5.74) is 7.30. The number of hydrogen-bond acceptors (Lipinski definition) is 3. The van der Waals surface area contributed by atoms with Crippen LogP contribution in [0.5, 0.6) is 0 Å². The number of rotatable bonds is 3. The summed E-state index contributed by atoms with van der Waals surface area (Å²) in [4.78, 5) is 3.92. The molecule has 2 N–H and O–H groups in total. The first-order valence-corrected chi connectivity index (χ1v) is 5.06. The number of aryl methyl sites for hydroxylation is 2. The summed E-state index contributed by atoms with van der Waals surface area (Å²) in [6.07, 6.45) is 2.49. The average Bonchev–Trinajstić information content (AvgIpc) is 2.69. The van der Waals surface area contributed by atoms with Gasteiger partial charge in [0.1, 0.15) is 11.9 Å². The number of anilines is 1. The van der Waals surface area contributed by atoms with E-state index in [0.717, 1.165) is 13.0 Å². The van der Waals surface area contributed by atoms with E-state index in [-0.39, 0.29) is 0 Å². The van der Waals surface area contributed by atoms with Crippen LogP contribution in [0.1, 0.15) is 11.3 Å². The molecule has 1 heterocycles. The van der Waals surface area contributed by atoms with Crippen molar-refractivity contribution in [2.24, 2.45) is 0 Å². The van der Waals surface area contributed by atoms with Crippen molar-refractivity contribution in [3.63, 3.8) is 0 Å². The molecular formula is C12H12N4. The highest BCUT2D eigenvalue weighted by Crippen LogP contribution is 2.10. The number of benzene rings is 1. The third-order valence-electron chi connectivity index (χ3n) is 2.47. The standard InChI is InChI=1S/C12H12N4/c13-8-11-12(14)16(9-15-11)7-6-10-4-2-1-3-5-10/h1-5,9H,6-7,14H2. The van der Waals surface area contributed by atoms with E-state index in [1.807, 2.05) is 24.3 Å². The third-order valence-corrected chi connectivity index (χ3v) is 2.47. The molecule has 0 aliphatic rings. The second-order valence-corrected chi connectivity index (χ2v) is 3.52. The number of aromatic nitrogens is 2. The van der Waals surface area contributed by atoms with Gasteiger partial charge in [-0.3, -0.25) is 0 Å². The Balaban J connectivity index is 2.06. The van der Waals surface area contributed by atoms with Crippen LogP contribution in [0.25, 0.3) is 0 Å². The Kier molecular flexibility index (Phi) is 2.88. The largest absolute Gasteiger partial charge is 0.383 e. The van der Waals surface area contributed by atoms with Gasteiger partial charge < -0.3 is 10.3 Å². The van der Waals surface area contributed by atoms with E-state index < -0.39 is 0 Å². The first-order chi connectivity index (χ1) is 7.81. The highest BCUT2D eigenvalue weighted by Gasteiger charge is 2.05. The second kappa shape index (κ2) is 4.49. The molecule has 0 amide bonds. The molecule has 0 aliphatic heterocycles. The quantitative estimate of drug-likeness (QED) is 0.839. The lowest BCUT2D eigenvalue weighted by molar-refractivity contribution is 0.704. The Morgan fingerprint density at radius 3 is 2.69 bits per heavy atom. The Morgan fingerprint density at radius 1 is 1.31 bits per heavy atom. The van der Waals surface area contributed by atoms with Gasteiger partial charge in [0.15, 0.2) is 5.69 Å². The van der Waals surface area contributed by atoms with Gasteiger partial charge >= 0.3 is 0 Å². The van der Waals surface area contributed by atoms with Gasteiger partial charge in [0.25, 0.3) is 0 Å². The Labute approximate surface area is 94.0 Å². The van der Waals surface area contributed by atoms with Crippen LogP contribution in [-0.4, -0.2) is 9.55 Å². The lowest BCUT2D eigenvalue weighted by atomic mass is 10.1. The number of hydrogen-bond donors (Lipinski definition) is 1. The van der Waals surface area contributed by atoms with Gasteiger partial charge in [-0.2, -0.15) is 5.26 Å². The maximum atomic E-state index is 8.71. The van der Waals surface area contributed by atoms with Gasteiger partial charge in [0.05, 0.1) is 6.33 Å². The summed E-state index contributed by atoms with van der Waals surface area (Å²) in [5.74, 6) is 0.443. The molecule has 16 heavy (non-hydrogen) atoms. The number of nitrogens with zero attached hydrogens (tertiary/aromatic N) is 3. The van der Waals surface area contributed by atoms with Crippen LogP contribution in [0.4, 0.5) is 5.82 Å². The van der Waals surface area contributed by atoms with Gasteiger partial charge in [-0.1, -0.05) is 30.3 Å². The Bertz CT molecular complexity index is 508. The zero-order valence-electron chi connectivity index (χ0n) is 8.80. The van der Waals surface area contributed by atoms with Gasteiger partial charge in [0, 0.05) is 6.54 Å². The van der Waals surface area contributed by atoms with Crippen LogP contribution in [0.2, 0.25) is 0 Å². The first kappa shape index (κ1) is 10.2. The van der Waals surface area contributed by atoms with E-state index in [9.17, 15) is 0 Å². The molecule has 0 radical (unpaired) electrons. The van der Waals surface area contributed by atoms with Crippen molar-refractivity contribution in [2.75, 3.05) is 5.73 Å². The van der Waals surface area contributed by atoms with Crippen LogP contribution < -0.4 is 5.73 Å². The van der Waals surface area contributed by atoms with Crippen molar-refractivity contribution < 1.29 is 0 Å². The smallest absolute Gasteiger partial charge is 0.182 e. The first-order valence-electron chi connectivity index (χ1n) is 5.06. The van der Waals surface area contributed by atoms with E-state index >= 15 is 0 Å². The summed E-state index contributed by atoms with van der Waals surface area (Å²) in [6, 6.07) is 12.1. The minimum Gasteiger partial charge on any atom is -0.383 e. The molecule has 4 nitrogen and oxygen atoms in total. The van der Waals surface area contributed by atoms with E-state index in [1.54, 1.807) is 10.9 Å². The minimum absolute atomic E-state index is 0.299. The van der Waals surface area contributed by atoms with Gasteiger partial charge in [0.2, 0.25) is 0 Å². The molecule has 1 aromatic heterocycles. The maximum Gasteiger partial charge on any atom is 0.182 e. The number of imidazole rings is 1. The van der Waals surface area contributed by atoms with Crippen molar-refractivity contribution in [1.82, 2.24) is 9.55 Å². The van der Waals surface area contributed by atoms with Crippen LogP contribution in [0.3, 0.4) is 0 Å².